The van der Waals surface area contributed by atoms with E-state index in [1.54, 1.807) is 12.2 Å². The second-order valence-corrected chi connectivity index (χ2v) is 4.58. The molecule has 0 aliphatic heterocycles. The zero-order chi connectivity index (χ0) is 13.9. The zero-order valence-corrected chi connectivity index (χ0v) is 11.2. The van der Waals surface area contributed by atoms with Gasteiger partial charge in [0.15, 0.2) is 5.78 Å². The fourth-order valence-electron chi connectivity index (χ4n) is 2.16. The van der Waals surface area contributed by atoms with Crippen LogP contribution in [-0.2, 0) is 7.05 Å². The Morgan fingerprint density at radius 3 is 2.50 bits per heavy atom. The molecular weight excluding hydrogens is 248 g/mol. The van der Waals surface area contributed by atoms with Gasteiger partial charge in [0, 0.05) is 12.6 Å². The molecule has 0 radical (unpaired) electrons. The van der Waals surface area contributed by atoms with Gasteiger partial charge in [-0.2, -0.15) is 0 Å². The van der Waals surface area contributed by atoms with Gasteiger partial charge in [-0.05, 0) is 24.3 Å². The maximum absolute atomic E-state index is 12.0. The Morgan fingerprint density at radius 1 is 1.05 bits per heavy atom. The normalized spacial score (nSPS) is 11.2. The molecule has 3 heteroatoms. The Morgan fingerprint density at radius 2 is 1.75 bits per heavy atom. The maximum atomic E-state index is 12.0. The number of ketones is 1. The van der Waals surface area contributed by atoms with Crippen molar-refractivity contribution in [1.82, 2.24) is 9.55 Å². The van der Waals surface area contributed by atoms with Gasteiger partial charge in [0.2, 0.25) is 0 Å². The van der Waals surface area contributed by atoms with Crippen molar-refractivity contribution in [1.29, 1.82) is 0 Å². The van der Waals surface area contributed by atoms with Crippen molar-refractivity contribution in [3.8, 4) is 0 Å². The quantitative estimate of drug-likeness (QED) is 0.535. The van der Waals surface area contributed by atoms with Crippen LogP contribution in [0.5, 0.6) is 0 Å². The minimum Gasteiger partial charge on any atom is -0.328 e. The van der Waals surface area contributed by atoms with Gasteiger partial charge in [0.1, 0.15) is 5.82 Å². The molecule has 1 aromatic heterocycles. The fourth-order valence-corrected chi connectivity index (χ4v) is 2.16. The molecule has 0 spiro atoms. The molecule has 0 fully saturated rings. The molecule has 20 heavy (non-hydrogen) atoms. The summed E-state index contributed by atoms with van der Waals surface area (Å²) in [4.78, 5) is 16.5. The van der Waals surface area contributed by atoms with Crippen LogP contribution in [0.4, 0.5) is 0 Å². The van der Waals surface area contributed by atoms with Gasteiger partial charge in [-0.3, -0.25) is 4.79 Å². The monoisotopic (exact) mass is 262 g/mol. The number of hydrogen-bond acceptors (Lipinski definition) is 2. The molecular formula is C17H14N2O. The lowest BCUT2D eigenvalue weighted by atomic mass is 10.1. The third-order valence-electron chi connectivity index (χ3n) is 3.26. The molecule has 0 saturated heterocycles. The number of aryl methyl sites for hydroxylation is 1. The van der Waals surface area contributed by atoms with Crippen molar-refractivity contribution >= 4 is 22.9 Å². The number of allylic oxidation sites excluding steroid dienone is 1. The van der Waals surface area contributed by atoms with Gasteiger partial charge >= 0.3 is 0 Å². The highest BCUT2D eigenvalue weighted by atomic mass is 16.1. The molecule has 0 saturated carbocycles. The minimum absolute atomic E-state index is 0.0161. The number of imidazole rings is 1. The topological polar surface area (TPSA) is 34.9 Å². The summed E-state index contributed by atoms with van der Waals surface area (Å²) in [6.07, 6.45) is 3.33. The van der Waals surface area contributed by atoms with Crippen LogP contribution in [0, 0.1) is 0 Å². The molecule has 2 aromatic carbocycles. The third kappa shape index (κ3) is 2.26. The fraction of sp³-hybridized carbons (Fsp3) is 0.0588. The first kappa shape index (κ1) is 12.4. The van der Waals surface area contributed by atoms with Gasteiger partial charge < -0.3 is 4.57 Å². The number of carbonyl (C=O) groups excluding carboxylic acids is 1. The summed E-state index contributed by atoms with van der Waals surface area (Å²) in [6, 6.07) is 17.1. The van der Waals surface area contributed by atoms with Crippen LogP contribution in [-0.4, -0.2) is 15.3 Å². The summed E-state index contributed by atoms with van der Waals surface area (Å²) in [5.41, 5.74) is 2.67. The van der Waals surface area contributed by atoms with Crippen molar-refractivity contribution in [2.45, 2.75) is 0 Å². The van der Waals surface area contributed by atoms with E-state index in [2.05, 4.69) is 4.98 Å². The van der Waals surface area contributed by atoms with Crippen LogP contribution in [0.1, 0.15) is 16.2 Å². The summed E-state index contributed by atoms with van der Waals surface area (Å²) < 4.78 is 1.98. The van der Waals surface area contributed by atoms with E-state index in [4.69, 9.17) is 0 Å². The Balaban J connectivity index is 1.91. The van der Waals surface area contributed by atoms with E-state index >= 15 is 0 Å². The predicted molar refractivity (Wildman–Crippen MR) is 80.5 cm³/mol. The van der Waals surface area contributed by atoms with Gasteiger partial charge in [-0.15, -0.1) is 0 Å². The highest BCUT2D eigenvalue weighted by Gasteiger charge is 2.05. The lowest BCUT2D eigenvalue weighted by Crippen LogP contribution is -1.95. The van der Waals surface area contributed by atoms with Crippen LogP contribution in [0.2, 0.25) is 0 Å². The lowest BCUT2D eigenvalue weighted by molar-refractivity contribution is 0.104. The number of carbonyl (C=O) groups is 1. The first-order valence-electron chi connectivity index (χ1n) is 6.44. The van der Waals surface area contributed by atoms with Gasteiger partial charge in [-0.1, -0.05) is 42.5 Å². The van der Waals surface area contributed by atoms with Crippen molar-refractivity contribution in [2.24, 2.45) is 7.05 Å². The number of aromatic nitrogens is 2. The first-order chi connectivity index (χ1) is 9.75. The van der Waals surface area contributed by atoms with Crippen LogP contribution >= 0.6 is 0 Å². The largest absolute Gasteiger partial charge is 0.328 e. The van der Waals surface area contributed by atoms with Crippen LogP contribution < -0.4 is 0 Å². The molecule has 0 aliphatic carbocycles. The van der Waals surface area contributed by atoms with Gasteiger partial charge in [0.25, 0.3) is 0 Å². The highest BCUT2D eigenvalue weighted by molar-refractivity contribution is 6.06. The molecule has 0 unspecified atom stereocenters. The van der Waals surface area contributed by atoms with E-state index in [9.17, 15) is 4.79 Å². The first-order valence-corrected chi connectivity index (χ1v) is 6.44. The van der Waals surface area contributed by atoms with Gasteiger partial charge in [-0.25, -0.2) is 4.98 Å². The summed E-state index contributed by atoms with van der Waals surface area (Å²) in [5, 5.41) is 0. The van der Waals surface area contributed by atoms with Crippen molar-refractivity contribution in [2.75, 3.05) is 0 Å². The SMILES string of the molecule is Cn1c(/C=C/C(=O)c2ccccc2)nc2ccccc21. The molecule has 1 heterocycles. The van der Waals surface area contributed by atoms with Gasteiger partial charge in [0.05, 0.1) is 11.0 Å². The average molecular weight is 262 g/mol. The summed E-state index contributed by atoms with van der Waals surface area (Å²) in [7, 11) is 1.95. The smallest absolute Gasteiger partial charge is 0.185 e. The zero-order valence-electron chi connectivity index (χ0n) is 11.2. The van der Waals surface area contributed by atoms with Crippen LogP contribution in [0.15, 0.2) is 60.7 Å². The van der Waals surface area contributed by atoms with Crippen molar-refractivity contribution in [3.63, 3.8) is 0 Å². The molecule has 0 bridgehead atoms. The molecule has 3 rings (SSSR count). The molecule has 0 N–H and O–H groups in total. The second kappa shape index (κ2) is 5.13. The molecule has 0 amide bonds. The molecule has 98 valence electrons. The molecule has 0 aliphatic rings. The summed E-state index contributed by atoms with van der Waals surface area (Å²) in [6.45, 7) is 0. The lowest BCUT2D eigenvalue weighted by Gasteiger charge is -1.97. The van der Waals surface area contributed by atoms with E-state index in [0.717, 1.165) is 16.9 Å². The van der Waals surface area contributed by atoms with E-state index in [-0.39, 0.29) is 5.78 Å². The number of benzene rings is 2. The van der Waals surface area contributed by atoms with Crippen molar-refractivity contribution in [3.05, 3.63) is 72.1 Å². The molecule has 3 nitrogen and oxygen atoms in total. The number of hydrogen-bond donors (Lipinski definition) is 0. The number of para-hydroxylation sites is 2. The van der Waals surface area contributed by atoms with E-state index in [1.165, 1.54) is 0 Å². The van der Waals surface area contributed by atoms with E-state index < -0.39 is 0 Å². The van der Waals surface area contributed by atoms with Crippen LogP contribution in [0.25, 0.3) is 17.1 Å². The Labute approximate surface area is 117 Å². The standard InChI is InChI=1S/C17H14N2O/c1-19-15-10-6-5-9-14(15)18-17(19)12-11-16(20)13-7-3-2-4-8-13/h2-12H,1H3/b12-11+. The number of nitrogens with zero attached hydrogens (tertiary/aromatic N) is 2. The molecule has 0 atom stereocenters. The summed E-state index contributed by atoms with van der Waals surface area (Å²) >= 11 is 0. The Kier molecular flexibility index (Phi) is 3.17. The van der Waals surface area contributed by atoms with Crippen LogP contribution in [0.3, 0.4) is 0 Å². The maximum Gasteiger partial charge on any atom is 0.185 e. The predicted octanol–water partition coefficient (Wildman–Crippen LogP) is 3.47. The van der Waals surface area contributed by atoms with E-state index in [1.807, 2.05) is 66.2 Å². The van der Waals surface area contributed by atoms with Crippen molar-refractivity contribution < 1.29 is 4.79 Å². The average Bonchev–Trinajstić information content (AvgIpc) is 2.83. The third-order valence-corrected chi connectivity index (χ3v) is 3.26. The number of rotatable bonds is 3. The number of fused-ring (bicyclic) bond motifs is 1. The second-order valence-electron chi connectivity index (χ2n) is 4.58. The Hall–Kier alpha value is -2.68. The highest BCUT2D eigenvalue weighted by Crippen LogP contribution is 2.15. The summed E-state index contributed by atoms with van der Waals surface area (Å²) in [5.74, 6) is 0.758. The minimum atomic E-state index is -0.0161. The van der Waals surface area contributed by atoms with E-state index in [0.29, 0.717) is 5.56 Å². The molecule has 3 aromatic rings. The Bertz CT molecular complexity index is 785.